The lowest BCUT2D eigenvalue weighted by atomic mass is 9.90. The molecule has 0 aromatic carbocycles. The molecule has 2 aromatic heterocycles. The van der Waals surface area contributed by atoms with Crippen LogP contribution in [0.1, 0.15) is 49.6 Å². The summed E-state index contributed by atoms with van der Waals surface area (Å²) in [4.78, 5) is 0. The summed E-state index contributed by atoms with van der Waals surface area (Å²) in [6.07, 6.45) is 6.64. The number of hydrogen-bond acceptors (Lipinski definition) is 3. The van der Waals surface area contributed by atoms with Crippen molar-refractivity contribution < 1.29 is 0 Å². The summed E-state index contributed by atoms with van der Waals surface area (Å²) in [5.41, 5.74) is 6.37. The quantitative estimate of drug-likeness (QED) is 0.841. The van der Waals surface area contributed by atoms with E-state index in [1.54, 1.807) is 0 Å². The molecule has 0 amide bonds. The van der Waals surface area contributed by atoms with Crippen LogP contribution in [0.2, 0.25) is 0 Å². The van der Waals surface area contributed by atoms with Crippen LogP contribution in [-0.2, 0) is 19.9 Å². The van der Waals surface area contributed by atoms with E-state index in [0.717, 1.165) is 18.5 Å². The van der Waals surface area contributed by atoms with Gasteiger partial charge in [0, 0.05) is 18.5 Å². The molecule has 4 nitrogen and oxygen atoms in total. The van der Waals surface area contributed by atoms with Crippen molar-refractivity contribution in [1.29, 1.82) is 0 Å². The van der Waals surface area contributed by atoms with Crippen molar-refractivity contribution in [3.05, 3.63) is 29.2 Å². The molecule has 0 unspecified atom stereocenters. The van der Waals surface area contributed by atoms with Crippen LogP contribution in [0, 0.1) is 5.41 Å². The summed E-state index contributed by atoms with van der Waals surface area (Å²) in [5.74, 6) is 0.670. The van der Waals surface area contributed by atoms with Gasteiger partial charge in [-0.2, -0.15) is 15.3 Å². The second-order valence-corrected chi connectivity index (χ2v) is 7.06. The second kappa shape index (κ2) is 3.90. The first-order valence-corrected chi connectivity index (χ1v) is 7.41. The maximum absolute atomic E-state index is 4.47. The lowest BCUT2D eigenvalue weighted by Gasteiger charge is -2.14. The highest BCUT2D eigenvalue weighted by molar-refractivity contribution is 5.63. The molecule has 1 fully saturated rings. The minimum atomic E-state index is 0.323. The molecule has 20 heavy (non-hydrogen) atoms. The molecule has 2 heterocycles. The Morgan fingerprint density at radius 2 is 2.00 bits per heavy atom. The number of rotatable bonds is 2. The van der Waals surface area contributed by atoms with E-state index in [0.29, 0.717) is 11.3 Å². The number of nitrogens with zero attached hydrogens (tertiary/aromatic N) is 4. The van der Waals surface area contributed by atoms with Gasteiger partial charge in [-0.15, -0.1) is 0 Å². The first-order valence-electron chi connectivity index (χ1n) is 7.41. The largest absolute Gasteiger partial charge is 0.272 e. The lowest BCUT2D eigenvalue weighted by Crippen LogP contribution is -2.09. The van der Waals surface area contributed by atoms with Gasteiger partial charge in [0.05, 0.1) is 23.3 Å². The summed E-state index contributed by atoms with van der Waals surface area (Å²) in [5, 5.41) is 13.4. The fraction of sp³-hybridized carbons (Fsp3) is 0.562. The molecule has 4 heteroatoms. The zero-order chi connectivity index (χ0) is 13.9. The van der Waals surface area contributed by atoms with Gasteiger partial charge in [-0.1, -0.05) is 13.8 Å². The Morgan fingerprint density at radius 3 is 2.75 bits per heavy atom. The Hall–Kier alpha value is -1.71. The highest BCUT2D eigenvalue weighted by Crippen LogP contribution is 2.44. The lowest BCUT2D eigenvalue weighted by molar-refractivity contribution is 0.390. The summed E-state index contributed by atoms with van der Waals surface area (Å²) in [6.45, 7) is 4.60. The van der Waals surface area contributed by atoms with Crippen LogP contribution in [0.15, 0.2) is 12.3 Å². The third-order valence-corrected chi connectivity index (χ3v) is 4.50. The van der Waals surface area contributed by atoms with E-state index in [9.17, 15) is 0 Å². The van der Waals surface area contributed by atoms with Crippen molar-refractivity contribution in [1.82, 2.24) is 20.0 Å². The average Bonchev–Trinajstić information content (AvgIpc) is 3.06. The van der Waals surface area contributed by atoms with Crippen molar-refractivity contribution in [3.63, 3.8) is 0 Å². The van der Waals surface area contributed by atoms with E-state index in [4.69, 9.17) is 0 Å². The first kappa shape index (κ1) is 12.1. The Labute approximate surface area is 119 Å². The molecule has 0 radical (unpaired) electrons. The van der Waals surface area contributed by atoms with Crippen LogP contribution < -0.4 is 0 Å². The van der Waals surface area contributed by atoms with Crippen molar-refractivity contribution in [2.24, 2.45) is 12.5 Å². The minimum absolute atomic E-state index is 0.323. The van der Waals surface area contributed by atoms with Crippen LogP contribution in [-0.4, -0.2) is 20.0 Å². The molecule has 0 saturated heterocycles. The Balaban J connectivity index is 1.78. The van der Waals surface area contributed by atoms with Crippen molar-refractivity contribution >= 4 is 0 Å². The van der Waals surface area contributed by atoms with Crippen LogP contribution in [0.5, 0.6) is 0 Å². The second-order valence-electron chi connectivity index (χ2n) is 7.06. The van der Waals surface area contributed by atoms with E-state index in [2.05, 4.69) is 35.2 Å². The van der Waals surface area contributed by atoms with E-state index < -0.39 is 0 Å². The minimum Gasteiger partial charge on any atom is -0.272 e. The SMILES string of the molecule is Cn1ncc(-c2cc3c(nn2)CC(C)(C)C3)c1C1CC1. The Bertz CT molecular complexity index is 680. The highest BCUT2D eigenvalue weighted by atomic mass is 15.3. The van der Waals surface area contributed by atoms with E-state index in [-0.39, 0.29) is 0 Å². The normalized spacial score (nSPS) is 20.1. The predicted octanol–water partition coefficient (Wildman–Crippen LogP) is 2.88. The van der Waals surface area contributed by atoms with Gasteiger partial charge in [0.2, 0.25) is 0 Å². The monoisotopic (exact) mass is 268 g/mol. The van der Waals surface area contributed by atoms with Crippen LogP contribution in [0.3, 0.4) is 0 Å². The number of hydrogen-bond donors (Lipinski definition) is 0. The molecule has 2 aliphatic carbocycles. The molecule has 4 rings (SSSR count). The van der Waals surface area contributed by atoms with Crippen LogP contribution in [0.25, 0.3) is 11.3 Å². The van der Waals surface area contributed by atoms with Crippen molar-refractivity contribution in [3.8, 4) is 11.3 Å². The van der Waals surface area contributed by atoms with Gasteiger partial charge in [-0.25, -0.2) is 0 Å². The molecule has 2 aromatic rings. The molecule has 0 N–H and O–H groups in total. The van der Waals surface area contributed by atoms with Gasteiger partial charge in [0.25, 0.3) is 0 Å². The molecular formula is C16H20N4. The van der Waals surface area contributed by atoms with E-state index in [1.807, 2.05) is 17.9 Å². The molecular weight excluding hydrogens is 248 g/mol. The van der Waals surface area contributed by atoms with Gasteiger partial charge in [0.15, 0.2) is 0 Å². The topological polar surface area (TPSA) is 43.6 Å². The maximum Gasteiger partial charge on any atom is 0.0967 e. The maximum atomic E-state index is 4.47. The zero-order valence-corrected chi connectivity index (χ0v) is 12.3. The first-order chi connectivity index (χ1) is 9.53. The summed E-state index contributed by atoms with van der Waals surface area (Å²) in [6, 6.07) is 2.24. The zero-order valence-electron chi connectivity index (χ0n) is 12.3. The van der Waals surface area contributed by atoms with E-state index >= 15 is 0 Å². The van der Waals surface area contributed by atoms with Crippen LogP contribution >= 0.6 is 0 Å². The van der Waals surface area contributed by atoms with E-state index in [1.165, 1.54) is 35.4 Å². The predicted molar refractivity (Wildman–Crippen MR) is 77.4 cm³/mol. The van der Waals surface area contributed by atoms with Gasteiger partial charge in [-0.05, 0) is 42.7 Å². The molecule has 0 bridgehead atoms. The van der Waals surface area contributed by atoms with Crippen molar-refractivity contribution in [2.45, 2.75) is 45.4 Å². The van der Waals surface area contributed by atoms with Crippen molar-refractivity contribution in [2.75, 3.05) is 0 Å². The van der Waals surface area contributed by atoms with Gasteiger partial charge in [0.1, 0.15) is 0 Å². The Kier molecular flexibility index (Phi) is 2.35. The summed E-state index contributed by atoms with van der Waals surface area (Å²) < 4.78 is 2.01. The average molecular weight is 268 g/mol. The van der Waals surface area contributed by atoms with Gasteiger partial charge < -0.3 is 0 Å². The standard InChI is InChI=1S/C16H20N4/c1-16(2)7-11-6-13(18-19-14(11)8-16)12-9-17-20(3)15(12)10-4-5-10/h6,9-10H,4-5,7-8H2,1-3H3. The molecule has 0 spiro atoms. The molecule has 0 aliphatic heterocycles. The molecule has 0 atom stereocenters. The van der Waals surface area contributed by atoms with Gasteiger partial charge in [-0.3, -0.25) is 4.68 Å². The molecule has 104 valence electrons. The fourth-order valence-electron chi connectivity index (χ4n) is 3.41. The smallest absolute Gasteiger partial charge is 0.0967 e. The molecule has 2 aliphatic rings. The number of aromatic nitrogens is 4. The van der Waals surface area contributed by atoms with Crippen LogP contribution in [0.4, 0.5) is 0 Å². The van der Waals surface area contributed by atoms with Gasteiger partial charge >= 0.3 is 0 Å². The Morgan fingerprint density at radius 1 is 1.20 bits per heavy atom. The number of aryl methyl sites for hydroxylation is 1. The fourth-order valence-corrected chi connectivity index (χ4v) is 3.41. The third-order valence-electron chi connectivity index (χ3n) is 4.50. The third kappa shape index (κ3) is 1.86. The molecule has 1 saturated carbocycles. The summed E-state index contributed by atoms with van der Waals surface area (Å²) >= 11 is 0. The number of fused-ring (bicyclic) bond motifs is 1. The highest BCUT2D eigenvalue weighted by Gasteiger charge is 2.33. The summed E-state index contributed by atoms with van der Waals surface area (Å²) in [7, 11) is 2.03.